The number of anilines is 1. The zero-order valence-electron chi connectivity index (χ0n) is 9.20. The Labute approximate surface area is 97.2 Å². The summed E-state index contributed by atoms with van der Waals surface area (Å²) in [5.41, 5.74) is 6.98. The summed E-state index contributed by atoms with van der Waals surface area (Å²) in [6.07, 6.45) is 2.30. The van der Waals surface area contributed by atoms with Crippen molar-refractivity contribution in [1.29, 1.82) is 0 Å². The number of fused-ring (bicyclic) bond motifs is 1. The molecule has 7 heteroatoms. The number of nitrogens with zero attached hydrogens (tertiary/aromatic N) is 4. The SMILES string of the molecule is Nc1ncnc2c1c(CO)nn2[C@@H]1CCOC1. The Kier molecular flexibility index (Phi) is 2.41. The summed E-state index contributed by atoms with van der Waals surface area (Å²) >= 11 is 0. The summed E-state index contributed by atoms with van der Waals surface area (Å²) in [4.78, 5) is 8.12. The predicted molar refractivity (Wildman–Crippen MR) is 60.1 cm³/mol. The van der Waals surface area contributed by atoms with E-state index in [2.05, 4.69) is 15.1 Å². The van der Waals surface area contributed by atoms with Gasteiger partial charge in [-0.3, -0.25) is 0 Å². The number of hydrogen-bond acceptors (Lipinski definition) is 6. The zero-order chi connectivity index (χ0) is 11.8. The molecule has 90 valence electrons. The minimum Gasteiger partial charge on any atom is -0.390 e. The molecule has 3 heterocycles. The molecule has 1 saturated heterocycles. The van der Waals surface area contributed by atoms with Gasteiger partial charge in [-0.2, -0.15) is 5.10 Å². The van der Waals surface area contributed by atoms with Gasteiger partial charge >= 0.3 is 0 Å². The smallest absolute Gasteiger partial charge is 0.164 e. The highest BCUT2D eigenvalue weighted by molar-refractivity contribution is 5.88. The second kappa shape index (κ2) is 3.94. The number of hydrogen-bond donors (Lipinski definition) is 2. The van der Waals surface area contributed by atoms with Crippen LogP contribution in [0.5, 0.6) is 0 Å². The molecule has 3 rings (SSSR count). The molecule has 1 atom stereocenters. The van der Waals surface area contributed by atoms with Gasteiger partial charge in [0.2, 0.25) is 0 Å². The third kappa shape index (κ3) is 1.55. The van der Waals surface area contributed by atoms with E-state index in [1.165, 1.54) is 6.33 Å². The summed E-state index contributed by atoms with van der Waals surface area (Å²) in [5.74, 6) is 0.351. The number of aliphatic hydroxyl groups excluding tert-OH is 1. The molecule has 0 bridgehead atoms. The van der Waals surface area contributed by atoms with Crippen molar-refractivity contribution in [3.63, 3.8) is 0 Å². The van der Waals surface area contributed by atoms with E-state index in [-0.39, 0.29) is 12.6 Å². The number of ether oxygens (including phenoxy) is 1. The lowest BCUT2D eigenvalue weighted by molar-refractivity contribution is 0.184. The molecule has 3 N–H and O–H groups in total. The second-order valence-electron chi connectivity index (χ2n) is 4.02. The van der Waals surface area contributed by atoms with Crippen LogP contribution in [0.25, 0.3) is 11.0 Å². The highest BCUT2D eigenvalue weighted by atomic mass is 16.5. The molecule has 1 fully saturated rings. The summed E-state index contributed by atoms with van der Waals surface area (Å²) < 4.78 is 7.12. The van der Waals surface area contributed by atoms with Crippen molar-refractivity contribution in [2.75, 3.05) is 18.9 Å². The standard InChI is InChI=1S/C10H13N5O2/c11-9-8-7(3-16)14-15(6-1-2-17-4-6)10(8)13-5-12-9/h5-6,16H,1-4H2,(H2,11,12,13)/t6-/m1/s1. The second-order valence-corrected chi connectivity index (χ2v) is 4.02. The molecule has 0 aliphatic carbocycles. The average molecular weight is 235 g/mol. The fraction of sp³-hybridized carbons (Fsp3) is 0.500. The number of rotatable bonds is 2. The van der Waals surface area contributed by atoms with E-state index in [0.29, 0.717) is 29.2 Å². The molecule has 0 spiro atoms. The van der Waals surface area contributed by atoms with Crippen LogP contribution in [0.4, 0.5) is 5.82 Å². The first-order valence-electron chi connectivity index (χ1n) is 5.47. The number of aromatic nitrogens is 4. The first kappa shape index (κ1) is 10.4. The highest BCUT2D eigenvalue weighted by Crippen LogP contribution is 2.27. The lowest BCUT2D eigenvalue weighted by atomic mass is 10.2. The maximum Gasteiger partial charge on any atom is 0.164 e. The van der Waals surface area contributed by atoms with Gasteiger partial charge in [-0.1, -0.05) is 0 Å². The fourth-order valence-electron chi connectivity index (χ4n) is 2.15. The lowest BCUT2D eigenvalue weighted by Crippen LogP contribution is -2.11. The Morgan fingerprint density at radius 1 is 1.53 bits per heavy atom. The molecule has 0 unspecified atom stereocenters. The first-order valence-corrected chi connectivity index (χ1v) is 5.47. The molecule has 2 aromatic heterocycles. The Hall–Kier alpha value is -1.73. The van der Waals surface area contributed by atoms with Gasteiger partial charge in [0.15, 0.2) is 5.65 Å². The molecule has 1 aliphatic rings. The van der Waals surface area contributed by atoms with Gasteiger partial charge in [0.1, 0.15) is 17.8 Å². The average Bonchev–Trinajstić information content (AvgIpc) is 2.95. The van der Waals surface area contributed by atoms with E-state index in [1.54, 1.807) is 4.68 Å². The van der Waals surface area contributed by atoms with Crippen molar-refractivity contribution in [3.8, 4) is 0 Å². The van der Waals surface area contributed by atoms with Crippen LogP contribution in [-0.4, -0.2) is 38.1 Å². The summed E-state index contributed by atoms with van der Waals surface area (Å²) in [7, 11) is 0. The maximum absolute atomic E-state index is 9.30. The van der Waals surface area contributed by atoms with E-state index in [1.807, 2.05) is 0 Å². The van der Waals surface area contributed by atoms with Crippen molar-refractivity contribution in [3.05, 3.63) is 12.0 Å². The van der Waals surface area contributed by atoms with Gasteiger partial charge < -0.3 is 15.6 Å². The molecular formula is C10H13N5O2. The Morgan fingerprint density at radius 2 is 2.41 bits per heavy atom. The van der Waals surface area contributed by atoms with Gasteiger partial charge in [0, 0.05) is 6.61 Å². The third-order valence-electron chi connectivity index (χ3n) is 2.99. The minimum absolute atomic E-state index is 0.159. The van der Waals surface area contributed by atoms with E-state index in [9.17, 15) is 5.11 Å². The largest absolute Gasteiger partial charge is 0.390 e. The van der Waals surface area contributed by atoms with Gasteiger partial charge in [0.05, 0.1) is 24.6 Å². The van der Waals surface area contributed by atoms with Gasteiger partial charge in [-0.15, -0.1) is 0 Å². The number of aliphatic hydroxyl groups is 1. The molecule has 7 nitrogen and oxygen atoms in total. The van der Waals surface area contributed by atoms with Crippen LogP contribution in [0, 0.1) is 0 Å². The highest BCUT2D eigenvalue weighted by Gasteiger charge is 2.23. The van der Waals surface area contributed by atoms with Gasteiger partial charge in [-0.05, 0) is 6.42 Å². The molecule has 0 amide bonds. The monoisotopic (exact) mass is 235 g/mol. The normalized spacial score (nSPS) is 20.2. The van der Waals surface area contributed by atoms with Crippen molar-refractivity contribution in [2.24, 2.45) is 0 Å². The van der Waals surface area contributed by atoms with Crippen LogP contribution in [0.1, 0.15) is 18.2 Å². The van der Waals surface area contributed by atoms with Gasteiger partial charge in [-0.25, -0.2) is 14.6 Å². The van der Waals surface area contributed by atoms with E-state index in [0.717, 1.165) is 13.0 Å². The van der Waals surface area contributed by atoms with Crippen molar-refractivity contribution in [2.45, 2.75) is 19.1 Å². The summed E-state index contributed by atoms with van der Waals surface area (Å²) in [6, 6.07) is 0.159. The van der Waals surface area contributed by atoms with Crippen LogP contribution < -0.4 is 5.73 Å². The van der Waals surface area contributed by atoms with E-state index < -0.39 is 0 Å². The first-order chi connectivity index (χ1) is 8.31. The fourth-order valence-corrected chi connectivity index (χ4v) is 2.15. The predicted octanol–water partition coefficient (Wildman–Crippen LogP) is -0.138. The quantitative estimate of drug-likeness (QED) is 0.751. The van der Waals surface area contributed by atoms with Crippen molar-refractivity contribution in [1.82, 2.24) is 19.7 Å². The van der Waals surface area contributed by atoms with Crippen LogP contribution in [0.15, 0.2) is 6.33 Å². The minimum atomic E-state index is -0.172. The molecule has 0 aromatic carbocycles. The van der Waals surface area contributed by atoms with E-state index >= 15 is 0 Å². The molecule has 0 saturated carbocycles. The van der Waals surface area contributed by atoms with E-state index in [4.69, 9.17) is 10.5 Å². The Balaban J connectivity index is 2.21. The molecule has 0 radical (unpaired) electrons. The number of nitrogen functional groups attached to an aromatic ring is 1. The maximum atomic E-state index is 9.30. The summed E-state index contributed by atoms with van der Waals surface area (Å²) in [5, 5.41) is 14.3. The Morgan fingerprint density at radius 3 is 3.12 bits per heavy atom. The molecule has 1 aliphatic heterocycles. The topological polar surface area (TPSA) is 99.1 Å². The van der Waals surface area contributed by atoms with Crippen molar-refractivity contribution < 1.29 is 9.84 Å². The molecule has 17 heavy (non-hydrogen) atoms. The molecule has 2 aromatic rings. The Bertz CT molecular complexity index is 547. The van der Waals surface area contributed by atoms with Crippen LogP contribution >= 0.6 is 0 Å². The van der Waals surface area contributed by atoms with Gasteiger partial charge in [0.25, 0.3) is 0 Å². The van der Waals surface area contributed by atoms with Crippen LogP contribution in [-0.2, 0) is 11.3 Å². The van der Waals surface area contributed by atoms with Crippen LogP contribution in [0.2, 0.25) is 0 Å². The van der Waals surface area contributed by atoms with Crippen molar-refractivity contribution >= 4 is 16.9 Å². The third-order valence-corrected chi connectivity index (χ3v) is 2.99. The lowest BCUT2D eigenvalue weighted by Gasteiger charge is -2.08. The molecular weight excluding hydrogens is 222 g/mol. The summed E-state index contributed by atoms with van der Waals surface area (Å²) in [6.45, 7) is 1.17. The number of nitrogens with two attached hydrogens (primary N) is 1. The zero-order valence-corrected chi connectivity index (χ0v) is 9.20. The van der Waals surface area contributed by atoms with Crippen LogP contribution in [0.3, 0.4) is 0 Å².